The van der Waals surface area contributed by atoms with Crippen LogP contribution >= 0.6 is 0 Å². The number of halogens is 2. The molecule has 1 aromatic heterocycles. The predicted molar refractivity (Wildman–Crippen MR) is 95.0 cm³/mol. The number of carbonyl (C=O) groups is 1. The predicted octanol–water partition coefficient (Wildman–Crippen LogP) is 2.88. The molecular weight excluding hydrogens is 374 g/mol. The van der Waals surface area contributed by atoms with Gasteiger partial charge in [-0.1, -0.05) is 0 Å². The molecule has 0 spiro atoms. The SMILES string of the molecule is O=C(Nc1ccc2c(c1)OCO2)Nc1nccn(-c2ccc(F)c(F)c2)c1=O. The van der Waals surface area contributed by atoms with E-state index in [1.54, 1.807) is 18.2 Å². The lowest BCUT2D eigenvalue weighted by atomic mass is 10.3. The zero-order chi connectivity index (χ0) is 19.7. The zero-order valence-corrected chi connectivity index (χ0v) is 14.1. The van der Waals surface area contributed by atoms with Gasteiger partial charge >= 0.3 is 6.03 Å². The Balaban J connectivity index is 1.54. The number of aromatic nitrogens is 2. The minimum Gasteiger partial charge on any atom is -0.454 e. The average molecular weight is 386 g/mol. The molecule has 28 heavy (non-hydrogen) atoms. The first kappa shape index (κ1) is 17.5. The number of ether oxygens (including phenoxy) is 2. The first-order chi connectivity index (χ1) is 13.5. The van der Waals surface area contributed by atoms with E-state index in [4.69, 9.17) is 9.47 Å². The maximum atomic E-state index is 13.4. The largest absolute Gasteiger partial charge is 0.454 e. The second-order valence-corrected chi connectivity index (χ2v) is 5.70. The van der Waals surface area contributed by atoms with Gasteiger partial charge in [-0.2, -0.15) is 0 Å². The Labute approximate surface area is 156 Å². The summed E-state index contributed by atoms with van der Waals surface area (Å²) in [4.78, 5) is 28.5. The summed E-state index contributed by atoms with van der Waals surface area (Å²) in [6.07, 6.45) is 2.52. The standard InChI is InChI=1S/C18H12F2N4O4/c19-12-3-2-11(8-13(12)20)24-6-5-21-16(17(24)25)23-18(26)22-10-1-4-14-15(7-10)28-9-27-14/h1-8H,9H2,(H2,21,22,23,26). The Morgan fingerprint density at radius 3 is 2.68 bits per heavy atom. The number of nitrogens with zero attached hydrogens (tertiary/aromatic N) is 2. The normalized spacial score (nSPS) is 11.9. The molecule has 8 nitrogen and oxygen atoms in total. The lowest BCUT2D eigenvalue weighted by molar-refractivity contribution is 0.174. The summed E-state index contributed by atoms with van der Waals surface area (Å²) in [5, 5.41) is 4.87. The quantitative estimate of drug-likeness (QED) is 0.722. The molecule has 10 heteroatoms. The van der Waals surface area contributed by atoms with Crippen LogP contribution in [0, 0.1) is 11.6 Å². The first-order valence-corrected chi connectivity index (χ1v) is 8.02. The van der Waals surface area contributed by atoms with Crippen molar-refractivity contribution in [2.75, 3.05) is 17.4 Å². The Morgan fingerprint density at radius 1 is 1.04 bits per heavy atom. The van der Waals surface area contributed by atoms with Gasteiger partial charge in [0.2, 0.25) is 12.6 Å². The second-order valence-electron chi connectivity index (χ2n) is 5.70. The highest BCUT2D eigenvalue weighted by Gasteiger charge is 2.15. The van der Waals surface area contributed by atoms with Crippen LogP contribution in [-0.2, 0) is 0 Å². The van der Waals surface area contributed by atoms with Crippen molar-refractivity contribution in [3.8, 4) is 17.2 Å². The van der Waals surface area contributed by atoms with Crippen LogP contribution < -0.4 is 25.7 Å². The van der Waals surface area contributed by atoms with Crippen molar-refractivity contribution in [3.63, 3.8) is 0 Å². The molecule has 2 amide bonds. The third kappa shape index (κ3) is 3.34. The number of nitrogens with one attached hydrogen (secondary N) is 2. The van der Waals surface area contributed by atoms with Gasteiger partial charge in [0.1, 0.15) is 0 Å². The third-order valence-corrected chi connectivity index (χ3v) is 3.88. The molecule has 1 aliphatic rings. The fourth-order valence-electron chi connectivity index (χ4n) is 2.58. The maximum Gasteiger partial charge on any atom is 0.325 e. The van der Waals surface area contributed by atoms with Crippen molar-refractivity contribution in [2.45, 2.75) is 0 Å². The van der Waals surface area contributed by atoms with E-state index in [2.05, 4.69) is 15.6 Å². The third-order valence-electron chi connectivity index (χ3n) is 3.88. The topological polar surface area (TPSA) is 94.5 Å². The zero-order valence-electron chi connectivity index (χ0n) is 14.1. The fourth-order valence-corrected chi connectivity index (χ4v) is 2.58. The number of urea groups is 1. The highest BCUT2D eigenvalue weighted by molar-refractivity contribution is 5.99. The number of benzene rings is 2. The number of rotatable bonds is 3. The van der Waals surface area contributed by atoms with Gasteiger partial charge in [0.15, 0.2) is 23.1 Å². The summed E-state index contributed by atoms with van der Waals surface area (Å²) in [6.45, 7) is 0.0996. The van der Waals surface area contributed by atoms with Crippen LogP contribution in [0.4, 0.5) is 25.1 Å². The number of carbonyl (C=O) groups excluding carboxylic acids is 1. The van der Waals surface area contributed by atoms with E-state index in [1.165, 1.54) is 18.5 Å². The monoisotopic (exact) mass is 386 g/mol. The Morgan fingerprint density at radius 2 is 1.86 bits per heavy atom. The van der Waals surface area contributed by atoms with Crippen LogP contribution in [0.5, 0.6) is 11.5 Å². The highest BCUT2D eigenvalue weighted by atomic mass is 19.2. The van der Waals surface area contributed by atoms with Crippen molar-refractivity contribution >= 4 is 17.5 Å². The number of anilines is 2. The second kappa shape index (κ2) is 6.99. The van der Waals surface area contributed by atoms with Gasteiger partial charge in [-0.25, -0.2) is 18.6 Å². The van der Waals surface area contributed by atoms with Crippen molar-refractivity contribution in [1.29, 1.82) is 0 Å². The van der Waals surface area contributed by atoms with Gasteiger partial charge in [-0.15, -0.1) is 0 Å². The Hall–Kier alpha value is -3.95. The van der Waals surface area contributed by atoms with Crippen molar-refractivity contribution < 1.29 is 23.0 Å². The number of amides is 2. The van der Waals surface area contributed by atoms with E-state index in [9.17, 15) is 18.4 Å². The van der Waals surface area contributed by atoms with Gasteiger partial charge < -0.3 is 14.8 Å². The van der Waals surface area contributed by atoms with Crippen LogP contribution in [0.1, 0.15) is 0 Å². The molecule has 142 valence electrons. The molecule has 0 radical (unpaired) electrons. The van der Waals surface area contributed by atoms with Gasteiger partial charge in [0.05, 0.1) is 5.69 Å². The first-order valence-electron chi connectivity index (χ1n) is 8.02. The van der Waals surface area contributed by atoms with Crippen molar-refractivity contribution in [2.24, 2.45) is 0 Å². The summed E-state index contributed by atoms with van der Waals surface area (Å²) in [5.41, 5.74) is -0.210. The van der Waals surface area contributed by atoms with Gasteiger partial charge in [0, 0.05) is 30.2 Å². The summed E-state index contributed by atoms with van der Waals surface area (Å²) in [6, 6.07) is 7.09. The van der Waals surface area contributed by atoms with E-state index in [-0.39, 0.29) is 18.3 Å². The molecule has 0 atom stereocenters. The van der Waals surface area contributed by atoms with E-state index < -0.39 is 23.2 Å². The van der Waals surface area contributed by atoms with E-state index >= 15 is 0 Å². The molecule has 0 unspecified atom stereocenters. The summed E-state index contributed by atoms with van der Waals surface area (Å²) < 4.78 is 38.0. The summed E-state index contributed by atoms with van der Waals surface area (Å²) in [7, 11) is 0. The fraction of sp³-hybridized carbons (Fsp3) is 0.0556. The molecule has 0 saturated carbocycles. The van der Waals surface area contributed by atoms with Gasteiger partial charge in [-0.05, 0) is 24.3 Å². The van der Waals surface area contributed by atoms with Gasteiger partial charge in [-0.3, -0.25) is 14.7 Å². The van der Waals surface area contributed by atoms with Crippen LogP contribution in [0.15, 0.2) is 53.6 Å². The van der Waals surface area contributed by atoms with Crippen LogP contribution in [0.25, 0.3) is 5.69 Å². The Kier molecular flexibility index (Phi) is 4.36. The molecule has 2 heterocycles. The van der Waals surface area contributed by atoms with Crippen molar-refractivity contribution in [1.82, 2.24) is 9.55 Å². The number of fused-ring (bicyclic) bond motifs is 1. The molecule has 1 aliphatic heterocycles. The molecule has 2 aromatic carbocycles. The molecular formula is C18H12F2N4O4. The minimum absolute atomic E-state index is 0.0885. The molecule has 0 saturated heterocycles. The van der Waals surface area contributed by atoms with Crippen LogP contribution in [0.2, 0.25) is 0 Å². The molecule has 0 aliphatic carbocycles. The molecule has 4 rings (SSSR count). The average Bonchev–Trinajstić information content (AvgIpc) is 3.13. The summed E-state index contributed by atoms with van der Waals surface area (Å²) >= 11 is 0. The van der Waals surface area contributed by atoms with Crippen molar-refractivity contribution in [3.05, 3.63) is 70.8 Å². The molecule has 0 bridgehead atoms. The van der Waals surface area contributed by atoms with Crippen LogP contribution in [-0.4, -0.2) is 22.4 Å². The maximum absolute atomic E-state index is 13.4. The lowest BCUT2D eigenvalue weighted by Gasteiger charge is -2.10. The van der Waals surface area contributed by atoms with Crippen LogP contribution in [0.3, 0.4) is 0 Å². The van der Waals surface area contributed by atoms with E-state index in [0.29, 0.717) is 17.2 Å². The molecule has 3 aromatic rings. The number of hydrogen-bond donors (Lipinski definition) is 2. The molecule has 2 N–H and O–H groups in total. The minimum atomic E-state index is -1.10. The molecule has 0 fully saturated rings. The highest BCUT2D eigenvalue weighted by Crippen LogP contribution is 2.34. The van der Waals surface area contributed by atoms with Gasteiger partial charge in [0.25, 0.3) is 5.56 Å². The van der Waals surface area contributed by atoms with E-state index in [1.807, 2.05) is 0 Å². The smallest absolute Gasteiger partial charge is 0.325 e. The van der Waals surface area contributed by atoms with E-state index in [0.717, 1.165) is 16.7 Å². The lowest BCUT2D eigenvalue weighted by Crippen LogP contribution is -2.28. The summed E-state index contributed by atoms with van der Waals surface area (Å²) in [5.74, 6) is -1.38. The Bertz CT molecular complexity index is 1130. The number of hydrogen-bond acceptors (Lipinski definition) is 5.